The molecule has 0 aromatic rings. The van der Waals surface area contributed by atoms with Gasteiger partial charge in [-0.05, 0) is 50.0 Å². The van der Waals surface area contributed by atoms with E-state index in [0.29, 0.717) is 5.92 Å². The molecule has 2 aliphatic carbocycles. The van der Waals surface area contributed by atoms with Crippen molar-refractivity contribution in [2.45, 2.75) is 46.5 Å². The van der Waals surface area contributed by atoms with Crippen molar-refractivity contribution in [1.82, 2.24) is 0 Å². The van der Waals surface area contributed by atoms with Crippen molar-refractivity contribution in [3.05, 3.63) is 22.8 Å². The highest BCUT2D eigenvalue weighted by atomic mass is 16.3. The number of hydrogen-bond donors (Lipinski definition) is 1. The Labute approximate surface area is 99.3 Å². The summed E-state index contributed by atoms with van der Waals surface area (Å²) in [6.45, 7) is 7.23. The lowest BCUT2D eigenvalue weighted by atomic mass is 9.67. The number of hydrogen-bond acceptors (Lipinski definition) is 1. The van der Waals surface area contributed by atoms with E-state index in [4.69, 9.17) is 0 Å². The van der Waals surface area contributed by atoms with Gasteiger partial charge in [-0.15, -0.1) is 0 Å². The molecule has 0 amide bonds. The smallest absolute Gasteiger partial charge is 0.0642 e. The molecule has 0 spiro atoms. The predicted octanol–water partition coefficient (Wildman–Crippen LogP) is 3.70. The molecular weight excluding hydrogens is 196 g/mol. The highest BCUT2D eigenvalue weighted by Gasteiger charge is 2.32. The molecule has 2 atom stereocenters. The van der Waals surface area contributed by atoms with Crippen molar-refractivity contribution in [2.24, 2.45) is 17.8 Å². The van der Waals surface area contributed by atoms with Crippen LogP contribution in [0.5, 0.6) is 0 Å². The fourth-order valence-corrected chi connectivity index (χ4v) is 3.38. The van der Waals surface area contributed by atoms with Crippen molar-refractivity contribution >= 4 is 0 Å². The Morgan fingerprint density at radius 2 is 2.06 bits per heavy atom. The fraction of sp³-hybridized carbons (Fsp3) is 0.733. The lowest BCUT2D eigenvalue weighted by Gasteiger charge is -2.38. The summed E-state index contributed by atoms with van der Waals surface area (Å²) < 4.78 is 0. The Bertz CT molecular complexity index is 322. The summed E-state index contributed by atoms with van der Waals surface area (Å²) in [5, 5.41) is 9.29. The first kappa shape index (κ1) is 11.9. The van der Waals surface area contributed by atoms with Crippen LogP contribution in [0.4, 0.5) is 0 Å². The molecular formula is C15H24O. The molecule has 0 aromatic heterocycles. The number of aliphatic hydroxyl groups excluding tert-OH is 1. The molecule has 0 unspecified atom stereocenters. The van der Waals surface area contributed by atoms with Crippen LogP contribution in [-0.2, 0) is 0 Å². The van der Waals surface area contributed by atoms with Gasteiger partial charge in [0.15, 0.2) is 0 Å². The first-order valence-corrected chi connectivity index (χ1v) is 6.62. The van der Waals surface area contributed by atoms with Gasteiger partial charge in [-0.25, -0.2) is 0 Å². The monoisotopic (exact) mass is 220 g/mol. The van der Waals surface area contributed by atoms with Crippen molar-refractivity contribution in [3.8, 4) is 0 Å². The minimum atomic E-state index is 0.258. The van der Waals surface area contributed by atoms with Gasteiger partial charge in [0.1, 0.15) is 0 Å². The average Bonchev–Trinajstić information content (AvgIpc) is 2.28. The average molecular weight is 220 g/mol. The van der Waals surface area contributed by atoms with E-state index < -0.39 is 0 Å². The third kappa shape index (κ3) is 2.10. The Balaban J connectivity index is 2.31. The van der Waals surface area contributed by atoms with E-state index in [1.54, 1.807) is 11.1 Å². The number of aliphatic hydroxyl groups is 1. The molecule has 2 rings (SSSR count). The minimum absolute atomic E-state index is 0.258. The van der Waals surface area contributed by atoms with Crippen LogP contribution in [0, 0.1) is 17.8 Å². The van der Waals surface area contributed by atoms with Gasteiger partial charge in [-0.1, -0.05) is 31.1 Å². The largest absolute Gasteiger partial charge is 0.392 e. The van der Waals surface area contributed by atoms with Crippen LogP contribution in [-0.4, -0.2) is 11.7 Å². The van der Waals surface area contributed by atoms with Crippen LogP contribution in [0.15, 0.2) is 22.8 Å². The summed E-state index contributed by atoms with van der Waals surface area (Å²) in [4.78, 5) is 0. The van der Waals surface area contributed by atoms with E-state index in [2.05, 4.69) is 26.8 Å². The lowest BCUT2D eigenvalue weighted by Crippen LogP contribution is -2.27. The van der Waals surface area contributed by atoms with Gasteiger partial charge in [0.2, 0.25) is 0 Å². The van der Waals surface area contributed by atoms with E-state index >= 15 is 0 Å². The zero-order valence-corrected chi connectivity index (χ0v) is 10.8. The standard InChI is InChI=1S/C15H24O/c1-10(2)13-6-4-11(3)14-7-5-12(9-16)8-15(13)14/h8,10,13,15-16H,4-7,9H2,1-3H3/t13-,15-/m1/s1. The van der Waals surface area contributed by atoms with Gasteiger partial charge < -0.3 is 5.11 Å². The third-order valence-electron chi connectivity index (χ3n) is 4.45. The van der Waals surface area contributed by atoms with E-state index in [0.717, 1.165) is 18.3 Å². The molecule has 90 valence electrons. The third-order valence-corrected chi connectivity index (χ3v) is 4.45. The summed E-state index contributed by atoms with van der Waals surface area (Å²) in [5.41, 5.74) is 4.56. The highest BCUT2D eigenvalue weighted by Crippen LogP contribution is 2.44. The molecule has 1 N–H and O–H groups in total. The van der Waals surface area contributed by atoms with E-state index in [1.807, 2.05) is 0 Å². The van der Waals surface area contributed by atoms with Crippen LogP contribution in [0.3, 0.4) is 0 Å². The fourth-order valence-electron chi connectivity index (χ4n) is 3.38. The molecule has 0 aliphatic heterocycles. The maximum atomic E-state index is 9.29. The molecule has 0 aromatic carbocycles. The molecule has 0 bridgehead atoms. The van der Waals surface area contributed by atoms with Crippen molar-refractivity contribution < 1.29 is 5.11 Å². The van der Waals surface area contributed by atoms with Crippen LogP contribution in [0.2, 0.25) is 0 Å². The molecule has 16 heavy (non-hydrogen) atoms. The normalized spacial score (nSPS) is 30.4. The summed E-state index contributed by atoms with van der Waals surface area (Å²) in [6, 6.07) is 0. The molecule has 1 heteroatoms. The van der Waals surface area contributed by atoms with Crippen molar-refractivity contribution in [1.29, 1.82) is 0 Å². The van der Waals surface area contributed by atoms with Crippen LogP contribution < -0.4 is 0 Å². The van der Waals surface area contributed by atoms with Gasteiger partial charge in [0, 0.05) is 5.92 Å². The van der Waals surface area contributed by atoms with Crippen molar-refractivity contribution in [3.63, 3.8) is 0 Å². The predicted molar refractivity (Wildman–Crippen MR) is 68.2 cm³/mol. The van der Waals surface area contributed by atoms with E-state index in [-0.39, 0.29) is 6.61 Å². The maximum absolute atomic E-state index is 9.29. The minimum Gasteiger partial charge on any atom is -0.392 e. The summed E-state index contributed by atoms with van der Waals surface area (Å²) in [6.07, 6.45) is 7.24. The van der Waals surface area contributed by atoms with Gasteiger partial charge >= 0.3 is 0 Å². The molecule has 2 aliphatic rings. The number of rotatable bonds is 2. The van der Waals surface area contributed by atoms with Crippen LogP contribution >= 0.6 is 0 Å². The van der Waals surface area contributed by atoms with Gasteiger partial charge in [-0.2, -0.15) is 0 Å². The Morgan fingerprint density at radius 1 is 1.31 bits per heavy atom. The van der Waals surface area contributed by atoms with Crippen molar-refractivity contribution in [2.75, 3.05) is 6.61 Å². The zero-order chi connectivity index (χ0) is 11.7. The first-order chi connectivity index (χ1) is 7.63. The SMILES string of the molecule is CC1=C2CCC(CO)=C[C@@H]2[C@@H](C(C)C)CC1. The second-order valence-corrected chi connectivity index (χ2v) is 5.76. The molecule has 1 nitrogen and oxygen atoms in total. The number of fused-ring (bicyclic) bond motifs is 1. The summed E-state index contributed by atoms with van der Waals surface area (Å²) >= 11 is 0. The number of allylic oxidation sites excluding steroid dienone is 3. The second kappa shape index (κ2) is 4.75. The van der Waals surface area contributed by atoms with Gasteiger partial charge in [0.25, 0.3) is 0 Å². The second-order valence-electron chi connectivity index (χ2n) is 5.76. The topological polar surface area (TPSA) is 20.2 Å². The molecule has 0 heterocycles. The summed E-state index contributed by atoms with van der Waals surface area (Å²) in [5.74, 6) is 2.17. The Morgan fingerprint density at radius 3 is 2.69 bits per heavy atom. The lowest BCUT2D eigenvalue weighted by molar-refractivity contribution is 0.268. The molecule has 0 radical (unpaired) electrons. The van der Waals surface area contributed by atoms with Crippen LogP contribution in [0.25, 0.3) is 0 Å². The molecule has 0 fully saturated rings. The highest BCUT2D eigenvalue weighted by molar-refractivity contribution is 5.30. The van der Waals surface area contributed by atoms with Gasteiger partial charge in [0.05, 0.1) is 6.61 Å². The van der Waals surface area contributed by atoms with Crippen LogP contribution in [0.1, 0.15) is 46.5 Å². The molecule has 0 saturated heterocycles. The molecule has 0 saturated carbocycles. The first-order valence-electron chi connectivity index (χ1n) is 6.62. The zero-order valence-electron chi connectivity index (χ0n) is 10.8. The Kier molecular flexibility index (Phi) is 3.53. The van der Waals surface area contributed by atoms with Gasteiger partial charge in [-0.3, -0.25) is 0 Å². The summed E-state index contributed by atoms with van der Waals surface area (Å²) in [7, 11) is 0. The van der Waals surface area contributed by atoms with E-state index in [1.165, 1.54) is 24.8 Å². The Hall–Kier alpha value is -0.560. The quantitative estimate of drug-likeness (QED) is 0.704. The van der Waals surface area contributed by atoms with E-state index in [9.17, 15) is 5.11 Å². The maximum Gasteiger partial charge on any atom is 0.0642 e.